The van der Waals surface area contributed by atoms with Gasteiger partial charge >= 0.3 is 0 Å². The third-order valence-electron chi connectivity index (χ3n) is 5.75. The van der Waals surface area contributed by atoms with Crippen molar-refractivity contribution in [2.75, 3.05) is 18.9 Å². The molecule has 2 aliphatic rings. The highest BCUT2D eigenvalue weighted by molar-refractivity contribution is 7.99. The van der Waals surface area contributed by atoms with Crippen molar-refractivity contribution in [2.45, 2.75) is 37.1 Å². The maximum Gasteiger partial charge on any atom is 0.253 e. The number of thioether (sulfide) groups is 1. The van der Waals surface area contributed by atoms with Crippen LogP contribution < -0.4 is 0 Å². The number of halogens is 1. The van der Waals surface area contributed by atoms with E-state index < -0.39 is 0 Å². The van der Waals surface area contributed by atoms with Crippen LogP contribution in [0, 0.1) is 5.82 Å². The van der Waals surface area contributed by atoms with Crippen LogP contribution in [0.4, 0.5) is 4.39 Å². The van der Waals surface area contributed by atoms with E-state index in [1.54, 1.807) is 12.1 Å². The number of rotatable bonds is 7. The van der Waals surface area contributed by atoms with Gasteiger partial charge in [-0.1, -0.05) is 42.1 Å². The maximum atomic E-state index is 13.4. The summed E-state index contributed by atoms with van der Waals surface area (Å²) < 4.78 is 21.2. The van der Waals surface area contributed by atoms with Crippen molar-refractivity contribution >= 4 is 23.4 Å². The normalized spacial score (nSPS) is 18.0. The summed E-state index contributed by atoms with van der Waals surface area (Å²) in [6.45, 7) is 1.92. The van der Waals surface area contributed by atoms with Gasteiger partial charge in [-0.15, -0.1) is 10.2 Å². The molecular formula is C24H24FN5O2S. The van der Waals surface area contributed by atoms with E-state index in [-0.39, 0.29) is 23.6 Å². The molecule has 0 unspecified atom stereocenters. The Kier molecular flexibility index (Phi) is 6.50. The first-order chi connectivity index (χ1) is 16.2. The van der Waals surface area contributed by atoms with Gasteiger partial charge in [0.15, 0.2) is 11.0 Å². The van der Waals surface area contributed by atoms with E-state index in [4.69, 9.17) is 4.74 Å². The number of hydrogen-bond acceptors (Lipinski definition) is 6. The molecule has 3 aromatic rings. The number of nitrogens with zero attached hydrogens (tertiary/aromatic N) is 5. The molecular weight excluding hydrogens is 441 g/mol. The molecule has 1 atom stereocenters. The second kappa shape index (κ2) is 9.84. The van der Waals surface area contributed by atoms with Gasteiger partial charge in [0.25, 0.3) is 5.91 Å². The third-order valence-corrected chi connectivity index (χ3v) is 6.70. The highest BCUT2D eigenvalue weighted by Gasteiger charge is 2.25. The molecule has 1 aromatic heterocycles. The van der Waals surface area contributed by atoms with Crippen LogP contribution in [0.5, 0.6) is 0 Å². The summed E-state index contributed by atoms with van der Waals surface area (Å²) in [5.74, 6) is 0.482. The second-order valence-electron chi connectivity index (χ2n) is 8.03. The van der Waals surface area contributed by atoms with Crippen LogP contribution in [0.3, 0.4) is 0 Å². The van der Waals surface area contributed by atoms with Gasteiger partial charge in [-0.05, 0) is 42.7 Å². The lowest BCUT2D eigenvalue weighted by molar-refractivity contribution is -0.127. The SMILES string of the molecule is O=C(CSc1nnc(-c2ccc(F)cc2)n1C[C@@H]1CCCO1)N1CCC(c2ccccc2)=N1. The van der Waals surface area contributed by atoms with Gasteiger partial charge in [0.05, 0.1) is 30.7 Å². The fourth-order valence-electron chi connectivity index (χ4n) is 4.04. The predicted octanol–water partition coefficient (Wildman–Crippen LogP) is 3.99. The Hall–Kier alpha value is -3.04. The van der Waals surface area contributed by atoms with Gasteiger partial charge in [-0.2, -0.15) is 5.10 Å². The van der Waals surface area contributed by atoms with Gasteiger partial charge in [0.2, 0.25) is 0 Å². The lowest BCUT2D eigenvalue weighted by Gasteiger charge is -2.15. The average molecular weight is 466 g/mol. The zero-order chi connectivity index (χ0) is 22.6. The van der Waals surface area contributed by atoms with Crippen LogP contribution in [0.2, 0.25) is 0 Å². The van der Waals surface area contributed by atoms with E-state index in [1.807, 2.05) is 34.9 Å². The molecule has 5 rings (SSSR count). The van der Waals surface area contributed by atoms with Gasteiger partial charge in [0, 0.05) is 18.6 Å². The molecule has 0 radical (unpaired) electrons. The van der Waals surface area contributed by atoms with Crippen molar-refractivity contribution < 1.29 is 13.9 Å². The molecule has 0 bridgehead atoms. The van der Waals surface area contributed by atoms with Gasteiger partial charge < -0.3 is 4.74 Å². The summed E-state index contributed by atoms with van der Waals surface area (Å²) in [4.78, 5) is 12.8. The Morgan fingerprint density at radius 1 is 1.09 bits per heavy atom. The zero-order valence-electron chi connectivity index (χ0n) is 18.1. The highest BCUT2D eigenvalue weighted by atomic mass is 32.2. The molecule has 2 aliphatic heterocycles. The van der Waals surface area contributed by atoms with E-state index in [9.17, 15) is 9.18 Å². The van der Waals surface area contributed by atoms with Crippen molar-refractivity contribution in [3.63, 3.8) is 0 Å². The van der Waals surface area contributed by atoms with E-state index >= 15 is 0 Å². The van der Waals surface area contributed by atoms with E-state index in [0.717, 1.165) is 42.7 Å². The molecule has 1 fully saturated rings. The Balaban J connectivity index is 1.31. The Labute approximate surface area is 195 Å². The standard InChI is InChI=1S/C24H24FN5O2S/c25-19-10-8-18(9-11-19)23-26-27-24(29(23)15-20-7-4-14-32-20)33-16-22(31)30-13-12-21(28-30)17-5-2-1-3-6-17/h1-3,5-6,8-11,20H,4,7,12-16H2/t20-/m0/s1. The molecule has 2 aromatic carbocycles. The maximum absolute atomic E-state index is 13.4. The van der Waals surface area contributed by atoms with Crippen LogP contribution in [0.25, 0.3) is 11.4 Å². The Morgan fingerprint density at radius 2 is 1.91 bits per heavy atom. The monoisotopic (exact) mass is 465 g/mol. The summed E-state index contributed by atoms with van der Waals surface area (Å²) >= 11 is 1.34. The lowest BCUT2D eigenvalue weighted by atomic mass is 10.1. The van der Waals surface area contributed by atoms with Gasteiger partial charge in [-0.3, -0.25) is 9.36 Å². The minimum atomic E-state index is -0.301. The van der Waals surface area contributed by atoms with E-state index in [2.05, 4.69) is 15.3 Å². The van der Waals surface area contributed by atoms with E-state index in [0.29, 0.717) is 24.1 Å². The van der Waals surface area contributed by atoms with Gasteiger partial charge in [-0.25, -0.2) is 9.40 Å². The van der Waals surface area contributed by atoms with Crippen molar-refractivity contribution in [2.24, 2.45) is 5.10 Å². The fourth-order valence-corrected chi connectivity index (χ4v) is 4.85. The second-order valence-corrected chi connectivity index (χ2v) is 8.97. The van der Waals surface area contributed by atoms with Crippen LogP contribution in [-0.4, -0.2) is 56.4 Å². The average Bonchev–Trinajstić information content (AvgIpc) is 3.61. The number of hydrogen-bond donors (Lipinski definition) is 0. The Morgan fingerprint density at radius 3 is 2.67 bits per heavy atom. The topological polar surface area (TPSA) is 72.6 Å². The number of carbonyl (C=O) groups excluding carboxylic acids is 1. The quantitative estimate of drug-likeness (QED) is 0.494. The molecule has 3 heterocycles. The summed E-state index contributed by atoms with van der Waals surface area (Å²) in [5, 5.41) is 15.4. The first-order valence-electron chi connectivity index (χ1n) is 11.0. The highest BCUT2D eigenvalue weighted by Crippen LogP contribution is 2.27. The molecule has 0 aliphatic carbocycles. The molecule has 7 nitrogen and oxygen atoms in total. The third kappa shape index (κ3) is 4.99. The van der Waals surface area contributed by atoms with Crippen LogP contribution in [-0.2, 0) is 16.1 Å². The number of amides is 1. The fraction of sp³-hybridized carbons (Fsp3) is 0.333. The van der Waals surface area contributed by atoms with Crippen molar-refractivity contribution in [3.8, 4) is 11.4 Å². The smallest absolute Gasteiger partial charge is 0.253 e. The minimum Gasteiger partial charge on any atom is -0.376 e. The molecule has 0 saturated carbocycles. The van der Waals surface area contributed by atoms with E-state index in [1.165, 1.54) is 28.9 Å². The first kappa shape index (κ1) is 21.8. The van der Waals surface area contributed by atoms with Crippen LogP contribution in [0.1, 0.15) is 24.8 Å². The van der Waals surface area contributed by atoms with Crippen LogP contribution in [0.15, 0.2) is 64.9 Å². The number of aromatic nitrogens is 3. The summed E-state index contributed by atoms with van der Waals surface area (Å²) in [6, 6.07) is 16.1. The minimum absolute atomic E-state index is 0.0686. The number of hydrazone groups is 1. The largest absolute Gasteiger partial charge is 0.376 e. The number of benzene rings is 2. The predicted molar refractivity (Wildman–Crippen MR) is 124 cm³/mol. The van der Waals surface area contributed by atoms with Crippen molar-refractivity contribution in [1.29, 1.82) is 0 Å². The van der Waals surface area contributed by atoms with Crippen LogP contribution >= 0.6 is 11.8 Å². The molecule has 1 saturated heterocycles. The molecule has 170 valence electrons. The van der Waals surface area contributed by atoms with Crippen molar-refractivity contribution in [1.82, 2.24) is 19.8 Å². The molecule has 9 heteroatoms. The lowest BCUT2D eigenvalue weighted by Crippen LogP contribution is -2.25. The molecule has 0 N–H and O–H groups in total. The summed E-state index contributed by atoms with van der Waals surface area (Å²) in [7, 11) is 0. The summed E-state index contributed by atoms with van der Waals surface area (Å²) in [5.41, 5.74) is 2.74. The Bertz CT molecular complexity index is 1140. The summed E-state index contributed by atoms with van der Waals surface area (Å²) in [6.07, 6.45) is 2.81. The zero-order valence-corrected chi connectivity index (χ0v) is 18.9. The van der Waals surface area contributed by atoms with Crippen molar-refractivity contribution in [3.05, 3.63) is 66.0 Å². The first-order valence-corrected chi connectivity index (χ1v) is 12.0. The molecule has 33 heavy (non-hydrogen) atoms. The number of carbonyl (C=O) groups is 1. The number of ether oxygens (including phenoxy) is 1. The molecule has 1 amide bonds. The molecule has 0 spiro atoms. The van der Waals surface area contributed by atoms with Gasteiger partial charge in [0.1, 0.15) is 5.82 Å².